The lowest BCUT2D eigenvalue weighted by atomic mass is 10.3. The van der Waals surface area contributed by atoms with Gasteiger partial charge in [-0.1, -0.05) is 31.5 Å². The molecule has 2 rings (SSSR count). The Balaban J connectivity index is 2.23. The highest BCUT2D eigenvalue weighted by Gasteiger charge is 2.15. The zero-order chi connectivity index (χ0) is 15.1. The van der Waals surface area contributed by atoms with Gasteiger partial charge in [0.15, 0.2) is 5.69 Å². The van der Waals surface area contributed by atoms with E-state index in [0.29, 0.717) is 24.7 Å². The predicted molar refractivity (Wildman–Crippen MR) is 82.0 cm³/mol. The number of carbonyl (C=O) groups is 1. The first-order valence-corrected chi connectivity index (χ1v) is 7.32. The van der Waals surface area contributed by atoms with Crippen molar-refractivity contribution in [3.8, 4) is 11.6 Å². The van der Waals surface area contributed by atoms with Crippen molar-refractivity contribution in [3.63, 3.8) is 0 Å². The largest absolute Gasteiger partial charge is 0.478 e. The van der Waals surface area contributed by atoms with Crippen molar-refractivity contribution in [2.75, 3.05) is 13.2 Å². The van der Waals surface area contributed by atoms with Crippen LogP contribution in [0.5, 0.6) is 5.88 Å². The molecule has 1 amide bonds. The maximum absolute atomic E-state index is 12.1. The summed E-state index contributed by atoms with van der Waals surface area (Å²) in [5.41, 5.74) is 1.24. The van der Waals surface area contributed by atoms with Crippen LogP contribution < -0.4 is 10.1 Å². The van der Waals surface area contributed by atoms with Crippen LogP contribution in [0, 0.1) is 0 Å². The number of nitrogens with one attached hydrogen (secondary N) is 1. The minimum absolute atomic E-state index is 0.168. The van der Waals surface area contributed by atoms with E-state index in [0.717, 1.165) is 18.5 Å². The molecule has 112 valence electrons. The van der Waals surface area contributed by atoms with Crippen molar-refractivity contribution in [2.24, 2.45) is 0 Å². The lowest BCUT2D eigenvalue weighted by molar-refractivity contribution is 0.0947. The van der Waals surface area contributed by atoms with Gasteiger partial charge < -0.3 is 10.1 Å². The molecular formula is C16H21N3O2. The molecule has 1 heterocycles. The van der Waals surface area contributed by atoms with Gasteiger partial charge in [0.2, 0.25) is 5.88 Å². The van der Waals surface area contributed by atoms with Crippen LogP contribution >= 0.6 is 0 Å². The number of para-hydroxylation sites is 1. The minimum Gasteiger partial charge on any atom is -0.478 e. The summed E-state index contributed by atoms with van der Waals surface area (Å²) in [5, 5.41) is 7.22. The Morgan fingerprint density at radius 3 is 2.71 bits per heavy atom. The molecule has 0 aliphatic heterocycles. The Kier molecular flexibility index (Phi) is 5.37. The lowest BCUT2D eigenvalue weighted by Crippen LogP contribution is -2.24. The number of unbranched alkanes of at least 4 members (excludes halogenated alkanes) is 1. The third-order valence-electron chi connectivity index (χ3n) is 3.02. The van der Waals surface area contributed by atoms with E-state index >= 15 is 0 Å². The van der Waals surface area contributed by atoms with E-state index in [1.807, 2.05) is 37.3 Å². The van der Waals surface area contributed by atoms with Gasteiger partial charge in [0, 0.05) is 12.6 Å². The number of aromatic nitrogens is 2. The molecule has 0 fully saturated rings. The van der Waals surface area contributed by atoms with Gasteiger partial charge in [0.05, 0.1) is 12.3 Å². The Hall–Kier alpha value is -2.30. The van der Waals surface area contributed by atoms with Gasteiger partial charge in [0.25, 0.3) is 5.91 Å². The molecule has 0 unspecified atom stereocenters. The van der Waals surface area contributed by atoms with E-state index in [4.69, 9.17) is 4.74 Å². The second kappa shape index (κ2) is 7.47. The van der Waals surface area contributed by atoms with Gasteiger partial charge in [-0.2, -0.15) is 5.10 Å². The van der Waals surface area contributed by atoms with Crippen LogP contribution in [0.3, 0.4) is 0 Å². The minimum atomic E-state index is -0.168. The lowest BCUT2D eigenvalue weighted by Gasteiger charge is -2.06. The van der Waals surface area contributed by atoms with Crippen LogP contribution in [0.1, 0.15) is 37.2 Å². The van der Waals surface area contributed by atoms with Gasteiger partial charge in [-0.3, -0.25) is 4.79 Å². The zero-order valence-electron chi connectivity index (χ0n) is 12.5. The predicted octanol–water partition coefficient (Wildman–Crippen LogP) is 2.80. The molecule has 0 aliphatic carbocycles. The first-order chi connectivity index (χ1) is 10.3. The molecule has 5 heteroatoms. The Morgan fingerprint density at radius 2 is 2.05 bits per heavy atom. The van der Waals surface area contributed by atoms with Crippen LogP contribution in [-0.2, 0) is 0 Å². The summed E-state index contributed by atoms with van der Waals surface area (Å²) in [6.07, 6.45) is 2.01. The van der Waals surface area contributed by atoms with Crippen molar-refractivity contribution < 1.29 is 9.53 Å². The number of ether oxygens (including phenoxy) is 1. The normalized spacial score (nSPS) is 10.4. The van der Waals surface area contributed by atoms with E-state index in [1.54, 1.807) is 10.7 Å². The maximum Gasteiger partial charge on any atom is 0.271 e. The fraction of sp³-hybridized carbons (Fsp3) is 0.375. The second-order valence-electron chi connectivity index (χ2n) is 4.66. The van der Waals surface area contributed by atoms with Crippen molar-refractivity contribution in [1.29, 1.82) is 0 Å². The summed E-state index contributed by atoms with van der Waals surface area (Å²) >= 11 is 0. The second-order valence-corrected chi connectivity index (χ2v) is 4.66. The highest BCUT2D eigenvalue weighted by Crippen LogP contribution is 2.19. The molecular weight excluding hydrogens is 266 g/mol. The van der Waals surface area contributed by atoms with Crippen LogP contribution in [0.15, 0.2) is 36.4 Å². The maximum atomic E-state index is 12.1. The number of rotatable bonds is 7. The molecule has 1 aromatic carbocycles. The molecule has 1 aromatic heterocycles. The first-order valence-electron chi connectivity index (χ1n) is 7.32. The third kappa shape index (κ3) is 3.84. The number of hydrogen-bond donors (Lipinski definition) is 1. The number of nitrogens with zero attached hydrogens (tertiary/aromatic N) is 2. The van der Waals surface area contributed by atoms with Gasteiger partial charge in [0.1, 0.15) is 0 Å². The monoisotopic (exact) mass is 287 g/mol. The average molecular weight is 287 g/mol. The molecule has 0 saturated heterocycles. The fourth-order valence-corrected chi connectivity index (χ4v) is 1.95. The number of hydrogen-bond acceptors (Lipinski definition) is 3. The standard InChI is InChI=1S/C16H21N3O2/c1-3-5-11-17-16(20)14-12-15(21-4-2)19(18-14)13-9-7-6-8-10-13/h6-10,12H,3-5,11H2,1-2H3,(H,17,20). The molecule has 5 nitrogen and oxygen atoms in total. The summed E-state index contributed by atoms with van der Waals surface area (Å²) < 4.78 is 7.22. The van der Waals surface area contributed by atoms with Crippen molar-refractivity contribution in [1.82, 2.24) is 15.1 Å². The summed E-state index contributed by atoms with van der Waals surface area (Å²) in [4.78, 5) is 12.1. The molecule has 1 N–H and O–H groups in total. The van der Waals surface area contributed by atoms with Crippen LogP contribution in [0.2, 0.25) is 0 Å². The number of amides is 1. The van der Waals surface area contributed by atoms with Crippen molar-refractivity contribution >= 4 is 5.91 Å². The van der Waals surface area contributed by atoms with Gasteiger partial charge >= 0.3 is 0 Å². The molecule has 0 atom stereocenters. The molecule has 0 bridgehead atoms. The summed E-state index contributed by atoms with van der Waals surface area (Å²) in [5.74, 6) is 0.406. The van der Waals surface area contributed by atoms with Crippen LogP contribution in [0.4, 0.5) is 0 Å². The Morgan fingerprint density at radius 1 is 1.29 bits per heavy atom. The van der Waals surface area contributed by atoms with E-state index in [-0.39, 0.29) is 5.91 Å². The Labute approximate surface area is 124 Å². The number of carbonyl (C=O) groups excluding carboxylic acids is 1. The van der Waals surface area contributed by atoms with Crippen molar-refractivity contribution in [3.05, 3.63) is 42.1 Å². The average Bonchev–Trinajstić information content (AvgIpc) is 2.93. The molecule has 0 radical (unpaired) electrons. The molecule has 0 saturated carbocycles. The van der Waals surface area contributed by atoms with E-state index in [2.05, 4.69) is 17.3 Å². The van der Waals surface area contributed by atoms with Gasteiger partial charge in [-0.25, -0.2) is 4.68 Å². The van der Waals surface area contributed by atoms with E-state index in [9.17, 15) is 4.79 Å². The summed E-state index contributed by atoms with van der Waals surface area (Å²) in [6.45, 7) is 5.18. The Bertz CT molecular complexity index is 578. The highest BCUT2D eigenvalue weighted by molar-refractivity contribution is 5.92. The van der Waals surface area contributed by atoms with Crippen LogP contribution in [0.25, 0.3) is 5.69 Å². The fourth-order valence-electron chi connectivity index (χ4n) is 1.95. The SMILES string of the molecule is CCCCNC(=O)c1cc(OCC)n(-c2ccccc2)n1. The summed E-state index contributed by atoms with van der Waals surface area (Å²) in [6, 6.07) is 11.3. The molecule has 2 aromatic rings. The number of benzene rings is 1. The topological polar surface area (TPSA) is 56.1 Å². The zero-order valence-corrected chi connectivity index (χ0v) is 12.5. The first kappa shape index (κ1) is 15.1. The molecule has 0 aliphatic rings. The molecule has 0 spiro atoms. The summed E-state index contributed by atoms with van der Waals surface area (Å²) in [7, 11) is 0. The van der Waals surface area contributed by atoms with Gasteiger partial charge in [-0.05, 0) is 25.5 Å². The third-order valence-corrected chi connectivity index (χ3v) is 3.02. The van der Waals surface area contributed by atoms with E-state index < -0.39 is 0 Å². The van der Waals surface area contributed by atoms with Crippen LogP contribution in [-0.4, -0.2) is 28.8 Å². The smallest absolute Gasteiger partial charge is 0.271 e. The van der Waals surface area contributed by atoms with E-state index in [1.165, 1.54) is 0 Å². The van der Waals surface area contributed by atoms with Crippen molar-refractivity contribution in [2.45, 2.75) is 26.7 Å². The quantitative estimate of drug-likeness (QED) is 0.797. The van der Waals surface area contributed by atoms with Gasteiger partial charge in [-0.15, -0.1) is 0 Å². The highest BCUT2D eigenvalue weighted by atomic mass is 16.5. The molecule has 21 heavy (non-hydrogen) atoms.